The third-order valence-corrected chi connectivity index (χ3v) is 5.86. The van der Waals surface area contributed by atoms with E-state index < -0.39 is 11.4 Å². The largest absolute Gasteiger partial charge is 0.308 e. The highest BCUT2D eigenvalue weighted by atomic mass is 35.5. The first kappa shape index (κ1) is 24.7. The molecule has 180 valence electrons. The average molecular weight is 492 g/mol. The number of benzene rings is 2. The second-order valence-electron chi connectivity index (χ2n) is 8.65. The van der Waals surface area contributed by atoms with Crippen molar-refractivity contribution in [2.75, 3.05) is 34.2 Å². The predicted octanol–water partition coefficient (Wildman–Crippen LogP) is 4.74. The van der Waals surface area contributed by atoms with Gasteiger partial charge in [-0.3, -0.25) is 19.2 Å². The third kappa shape index (κ3) is 6.00. The van der Waals surface area contributed by atoms with E-state index in [2.05, 4.69) is 35.9 Å². The Morgan fingerprint density at radius 3 is 2.54 bits per heavy atom. The zero-order valence-corrected chi connectivity index (χ0v) is 20.7. The van der Waals surface area contributed by atoms with Gasteiger partial charge < -0.3 is 4.90 Å². The van der Waals surface area contributed by atoms with E-state index in [0.717, 1.165) is 31.0 Å². The van der Waals surface area contributed by atoms with Crippen LogP contribution in [0.4, 0.5) is 4.39 Å². The zero-order valence-electron chi connectivity index (χ0n) is 19.9. The van der Waals surface area contributed by atoms with Crippen molar-refractivity contribution in [3.05, 3.63) is 99.1 Å². The van der Waals surface area contributed by atoms with Crippen molar-refractivity contribution >= 4 is 34.7 Å². The number of halogens is 2. The van der Waals surface area contributed by atoms with E-state index >= 15 is 0 Å². The van der Waals surface area contributed by atoms with Gasteiger partial charge in [-0.15, -0.1) is 0 Å². The van der Waals surface area contributed by atoms with Gasteiger partial charge in [-0.05, 0) is 75.8 Å². The fourth-order valence-electron chi connectivity index (χ4n) is 3.72. The van der Waals surface area contributed by atoms with E-state index in [0.29, 0.717) is 22.1 Å². The van der Waals surface area contributed by atoms with Gasteiger partial charge in [-0.2, -0.15) is 0 Å². The van der Waals surface area contributed by atoms with Gasteiger partial charge in [0.2, 0.25) is 0 Å². The highest BCUT2D eigenvalue weighted by molar-refractivity contribution is 6.32. The van der Waals surface area contributed by atoms with Crippen molar-refractivity contribution < 1.29 is 4.39 Å². The number of pyridine rings is 1. The normalized spacial score (nSPS) is 11.9. The van der Waals surface area contributed by atoms with Crippen LogP contribution in [0.25, 0.3) is 28.7 Å². The lowest BCUT2D eigenvalue weighted by atomic mass is 10.2. The lowest BCUT2D eigenvalue weighted by Gasteiger charge is -2.18. The standard InChI is InChI=1S/C27H27ClFN5O/c1-32(2)15-16-33(3)18-21-8-6-7-20(30-21)12-14-26-31-24-13-11-19(29)17-22(24)27(35)34(26)25-10-5-4-9-23(25)28/h4-14,17H,15-16,18H2,1-3H3/b14-12+. The van der Waals surface area contributed by atoms with Crippen LogP contribution in [0.1, 0.15) is 17.2 Å². The van der Waals surface area contributed by atoms with Crippen LogP contribution in [0.5, 0.6) is 0 Å². The summed E-state index contributed by atoms with van der Waals surface area (Å²) < 4.78 is 15.3. The molecule has 0 aliphatic rings. The minimum Gasteiger partial charge on any atom is -0.308 e. The summed E-state index contributed by atoms with van der Waals surface area (Å²) in [4.78, 5) is 27.1. The maximum absolute atomic E-state index is 13.9. The molecule has 0 saturated carbocycles. The summed E-state index contributed by atoms with van der Waals surface area (Å²) in [6.07, 6.45) is 3.54. The summed E-state index contributed by atoms with van der Waals surface area (Å²) in [5.74, 6) is -0.125. The molecule has 2 aromatic heterocycles. The average Bonchev–Trinajstić information content (AvgIpc) is 2.83. The second-order valence-corrected chi connectivity index (χ2v) is 9.06. The molecule has 4 rings (SSSR count). The number of hydrogen-bond acceptors (Lipinski definition) is 5. The molecule has 2 aromatic carbocycles. The molecule has 4 aromatic rings. The Morgan fingerprint density at radius 1 is 0.971 bits per heavy atom. The Labute approximate surface area is 208 Å². The number of aromatic nitrogens is 3. The molecule has 0 radical (unpaired) electrons. The Morgan fingerprint density at radius 2 is 1.77 bits per heavy atom. The van der Waals surface area contributed by atoms with Crippen LogP contribution in [0.3, 0.4) is 0 Å². The first-order valence-electron chi connectivity index (χ1n) is 11.3. The molecule has 2 heterocycles. The van der Waals surface area contributed by atoms with Crippen molar-refractivity contribution in [2.24, 2.45) is 0 Å². The maximum Gasteiger partial charge on any atom is 0.266 e. The summed E-state index contributed by atoms with van der Waals surface area (Å²) >= 11 is 6.41. The van der Waals surface area contributed by atoms with Crippen LogP contribution in [0.15, 0.2) is 65.5 Å². The molecule has 0 spiro atoms. The van der Waals surface area contributed by atoms with Crippen LogP contribution in [-0.2, 0) is 6.54 Å². The summed E-state index contributed by atoms with van der Waals surface area (Å²) in [7, 11) is 6.17. The molecule has 8 heteroatoms. The van der Waals surface area contributed by atoms with Crippen molar-refractivity contribution in [1.29, 1.82) is 0 Å². The molecule has 0 atom stereocenters. The molecular weight excluding hydrogens is 465 g/mol. The van der Waals surface area contributed by atoms with Gasteiger partial charge in [0.1, 0.15) is 11.6 Å². The van der Waals surface area contributed by atoms with E-state index in [1.807, 2.05) is 24.3 Å². The van der Waals surface area contributed by atoms with Crippen molar-refractivity contribution in [1.82, 2.24) is 24.3 Å². The second kappa shape index (κ2) is 10.9. The number of nitrogens with zero attached hydrogens (tertiary/aromatic N) is 5. The molecule has 35 heavy (non-hydrogen) atoms. The van der Waals surface area contributed by atoms with Gasteiger partial charge in [0.15, 0.2) is 0 Å². The molecule has 0 fully saturated rings. The van der Waals surface area contributed by atoms with Crippen LogP contribution < -0.4 is 5.56 Å². The number of likely N-dealkylation sites (N-methyl/N-ethyl adjacent to an activating group) is 2. The van der Waals surface area contributed by atoms with E-state index in [-0.39, 0.29) is 5.39 Å². The molecular formula is C27H27ClFN5O. The highest BCUT2D eigenvalue weighted by Gasteiger charge is 2.14. The first-order valence-corrected chi connectivity index (χ1v) is 11.6. The van der Waals surface area contributed by atoms with Gasteiger partial charge in [0.25, 0.3) is 5.56 Å². The summed E-state index contributed by atoms with van der Waals surface area (Å²) in [6.45, 7) is 2.62. The predicted molar refractivity (Wildman–Crippen MR) is 140 cm³/mol. The lowest BCUT2D eigenvalue weighted by Crippen LogP contribution is -2.28. The van der Waals surface area contributed by atoms with Gasteiger partial charge in [0, 0.05) is 19.6 Å². The Bertz CT molecular complexity index is 1430. The van der Waals surface area contributed by atoms with Crippen LogP contribution in [0.2, 0.25) is 5.02 Å². The minimum atomic E-state index is -0.498. The molecule has 0 N–H and O–H groups in total. The molecule has 0 saturated heterocycles. The summed E-state index contributed by atoms with van der Waals surface area (Å²) in [6, 6.07) is 16.8. The van der Waals surface area contributed by atoms with E-state index in [1.54, 1.807) is 30.3 Å². The van der Waals surface area contributed by atoms with E-state index in [1.165, 1.54) is 22.8 Å². The van der Waals surface area contributed by atoms with Gasteiger partial charge in [-0.25, -0.2) is 9.37 Å². The number of rotatable bonds is 8. The smallest absolute Gasteiger partial charge is 0.266 e. The molecule has 0 amide bonds. The minimum absolute atomic E-state index is 0.183. The Kier molecular flexibility index (Phi) is 7.70. The van der Waals surface area contributed by atoms with Crippen molar-refractivity contribution in [2.45, 2.75) is 6.54 Å². The topological polar surface area (TPSA) is 54.3 Å². The summed E-state index contributed by atoms with van der Waals surface area (Å²) in [5, 5.41) is 0.575. The SMILES string of the molecule is CN(C)CCN(C)Cc1cccc(/C=C/c2nc3ccc(F)cc3c(=O)n2-c2ccccc2Cl)n1. The fraction of sp³-hybridized carbons (Fsp3) is 0.222. The quantitative estimate of drug-likeness (QED) is 0.356. The van der Waals surface area contributed by atoms with E-state index in [4.69, 9.17) is 16.6 Å². The molecule has 0 aliphatic carbocycles. The lowest BCUT2D eigenvalue weighted by molar-refractivity contribution is 0.274. The highest BCUT2D eigenvalue weighted by Crippen LogP contribution is 2.22. The van der Waals surface area contributed by atoms with Gasteiger partial charge in [0.05, 0.1) is 33.0 Å². The van der Waals surface area contributed by atoms with E-state index in [9.17, 15) is 9.18 Å². The monoisotopic (exact) mass is 491 g/mol. The molecule has 0 unspecified atom stereocenters. The van der Waals surface area contributed by atoms with Crippen LogP contribution in [-0.4, -0.2) is 58.6 Å². The molecule has 0 aliphatic heterocycles. The molecule has 6 nitrogen and oxygen atoms in total. The van der Waals surface area contributed by atoms with Crippen LogP contribution in [0, 0.1) is 5.82 Å². The van der Waals surface area contributed by atoms with Crippen molar-refractivity contribution in [3.63, 3.8) is 0 Å². The zero-order chi connectivity index (χ0) is 24.9. The number of para-hydroxylation sites is 1. The van der Waals surface area contributed by atoms with Crippen molar-refractivity contribution in [3.8, 4) is 5.69 Å². The third-order valence-electron chi connectivity index (χ3n) is 5.54. The number of hydrogen-bond donors (Lipinski definition) is 0. The van der Waals surface area contributed by atoms with Gasteiger partial charge in [-0.1, -0.05) is 29.8 Å². The van der Waals surface area contributed by atoms with Gasteiger partial charge >= 0.3 is 0 Å². The summed E-state index contributed by atoms with van der Waals surface area (Å²) in [5.41, 5.74) is 2.17. The maximum atomic E-state index is 13.9. The number of fused-ring (bicyclic) bond motifs is 1. The first-order chi connectivity index (χ1) is 16.8. The Hall–Kier alpha value is -3.39. The Balaban J connectivity index is 1.72. The van der Waals surface area contributed by atoms with Crippen LogP contribution >= 0.6 is 11.6 Å². The fourth-order valence-corrected chi connectivity index (χ4v) is 3.94. The molecule has 0 bridgehead atoms.